The van der Waals surface area contributed by atoms with E-state index in [4.69, 9.17) is 5.73 Å². The Morgan fingerprint density at radius 3 is 2.60 bits per heavy atom. The quantitative estimate of drug-likeness (QED) is 0.904. The maximum atomic E-state index is 13.6. The number of halogens is 2. The number of nitrogens with one attached hydrogen (secondary N) is 1. The maximum absolute atomic E-state index is 13.6. The second kappa shape index (κ2) is 5.07. The predicted molar refractivity (Wildman–Crippen MR) is 72.1 cm³/mol. The molecule has 1 unspecified atom stereocenters. The molecule has 5 nitrogen and oxygen atoms in total. The summed E-state index contributed by atoms with van der Waals surface area (Å²) in [5, 5.41) is 2.72. The van der Waals surface area contributed by atoms with E-state index in [1.165, 1.54) is 4.57 Å². The number of nitrogens with zero attached hydrogens (tertiary/aromatic N) is 2. The Hall–Kier alpha value is -2.18. The molecule has 0 saturated heterocycles. The Balaban J connectivity index is 2.54. The van der Waals surface area contributed by atoms with Crippen molar-refractivity contribution in [3.63, 3.8) is 0 Å². The molecule has 3 N–H and O–H groups in total. The number of carbonyl (C=O) groups is 1. The molecule has 0 aliphatic carbocycles. The summed E-state index contributed by atoms with van der Waals surface area (Å²) in [5.41, 5.74) is 5.84. The fraction of sp³-hybridized carbons (Fsp3) is 0.385. The topological polar surface area (TPSA) is 72.9 Å². The zero-order valence-electron chi connectivity index (χ0n) is 11.4. The molecular formula is C13H16F2N4O. The fourth-order valence-electron chi connectivity index (χ4n) is 2.07. The van der Waals surface area contributed by atoms with Crippen molar-refractivity contribution in [2.75, 3.05) is 5.73 Å². The fourth-order valence-corrected chi connectivity index (χ4v) is 2.07. The molecule has 1 aromatic heterocycles. The third-order valence-corrected chi connectivity index (χ3v) is 2.94. The molecule has 0 bridgehead atoms. The number of aromatic nitrogens is 2. The molecule has 0 radical (unpaired) electrons. The Kier molecular flexibility index (Phi) is 3.61. The van der Waals surface area contributed by atoms with Crippen molar-refractivity contribution in [1.29, 1.82) is 0 Å². The lowest BCUT2D eigenvalue weighted by molar-refractivity contribution is -0.124. The van der Waals surface area contributed by atoms with Gasteiger partial charge in [-0.2, -0.15) is 0 Å². The molecule has 1 heterocycles. The van der Waals surface area contributed by atoms with Gasteiger partial charge in [0.15, 0.2) is 5.82 Å². The summed E-state index contributed by atoms with van der Waals surface area (Å²) < 4.78 is 28.3. The summed E-state index contributed by atoms with van der Waals surface area (Å²) in [6.07, 6.45) is 0. The van der Waals surface area contributed by atoms with Gasteiger partial charge in [0.2, 0.25) is 11.9 Å². The van der Waals surface area contributed by atoms with Crippen molar-refractivity contribution in [3.8, 4) is 0 Å². The molecule has 2 aromatic rings. The summed E-state index contributed by atoms with van der Waals surface area (Å²) in [7, 11) is 0. The van der Waals surface area contributed by atoms with E-state index in [-0.39, 0.29) is 28.9 Å². The monoisotopic (exact) mass is 282 g/mol. The van der Waals surface area contributed by atoms with Gasteiger partial charge in [-0.1, -0.05) is 0 Å². The Labute approximate surface area is 114 Å². The van der Waals surface area contributed by atoms with Gasteiger partial charge in [0.1, 0.15) is 17.4 Å². The zero-order chi connectivity index (χ0) is 15.0. The smallest absolute Gasteiger partial charge is 0.243 e. The van der Waals surface area contributed by atoms with E-state index in [9.17, 15) is 13.6 Å². The van der Waals surface area contributed by atoms with Gasteiger partial charge in [-0.25, -0.2) is 13.8 Å². The van der Waals surface area contributed by atoms with Crippen LogP contribution in [0.4, 0.5) is 14.7 Å². The number of imidazole rings is 1. The van der Waals surface area contributed by atoms with Crippen LogP contribution in [0, 0.1) is 11.6 Å². The van der Waals surface area contributed by atoms with Crippen LogP contribution in [0.25, 0.3) is 11.0 Å². The van der Waals surface area contributed by atoms with Gasteiger partial charge >= 0.3 is 0 Å². The predicted octanol–water partition coefficient (Wildman–Crippen LogP) is 1.98. The van der Waals surface area contributed by atoms with Gasteiger partial charge in [0.25, 0.3) is 0 Å². The Bertz CT molecular complexity index is 666. The molecule has 0 aliphatic rings. The molecule has 108 valence electrons. The first kappa shape index (κ1) is 14.2. The second-order valence-corrected chi connectivity index (χ2v) is 4.93. The van der Waals surface area contributed by atoms with Crippen molar-refractivity contribution >= 4 is 22.9 Å². The number of nitrogens with two attached hydrogens (primary N) is 1. The van der Waals surface area contributed by atoms with Gasteiger partial charge in [0, 0.05) is 18.2 Å². The van der Waals surface area contributed by atoms with Crippen LogP contribution in [0.1, 0.15) is 26.8 Å². The van der Waals surface area contributed by atoms with Crippen LogP contribution in [-0.4, -0.2) is 21.5 Å². The Morgan fingerprint density at radius 1 is 1.35 bits per heavy atom. The third-order valence-electron chi connectivity index (χ3n) is 2.94. The van der Waals surface area contributed by atoms with Crippen LogP contribution in [0.2, 0.25) is 0 Å². The molecule has 1 aromatic carbocycles. The van der Waals surface area contributed by atoms with E-state index < -0.39 is 17.7 Å². The summed E-state index contributed by atoms with van der Waals surface area (Å²) in [6, 6.07) is 1.08. The number of hydrogen-bond donors (Lipinski definition) is 2. The van der Waals surface area contributed by atoms with Crippen LogP contribution in [0.15, 0.2) is 12.1 Å². The first-order chi connectivity index (χ1) is 9.31. The molecule has 0 saturated carbocycles. The van der Waals surface area contributed by atoms with Crippen LogP contribution in [0.3, 0.4) is 0 Å². The summed E-state index contributed by atoms with van der Waals surface area (Å²) in [5.74, 6) is -1.87. The largest absolute Gasteiger partial charge is 0.369 e. The highest BCUT2D eigenvalue weighted by Gasteiger charge is 2.22. The number of rotatable bonds is 3. The van der Waals surface area contributed by atoms with Gasteiger partial charge in [-0.3, -0.25) is 9.36 Å². The van der Waals surface area contributed by atoms with Crippen molar-refractivity contribution in [1.82, 2.24) is 14.9 Å². The van der Waals surface area contributed by atoms with Crippen molar-refractivity contribution in [2.45, 2.75) is 32.9 Å². The molecule has 0 aliphatic heterocycles. The SMILES string of the molecule is CC(C)NC(=O)C(C)n1c(N)nc2c(F)cc(F)cc21. The summed E-state index contributed by atoms with van der Waals surface area (Å²) >= 11 is 0. The number of fused-ring (bicyclic) bond motifs is 1. The van der Waals surface area contributed by atoms with E-state index in [1.54, 1.807) is 6.92 Å². The Morgan fingerprint density at radius 2 is 2.00 bits per heavy atom. The average Bonchev–Trinajstić information content (AvgIpc) is 2.64. The van der Waals surface area contributed by atoms with E-state index in [2.05, 4.69) is 10.3 Å². The average molecular weight is 282 g/mol. The van der Waals surface area contributed by atoms with E-state index in [0.717, 1.165) is 12.1 Å². The van der Waals surface area contributed by atoms with E-state index in [1.807, 2.05) is 13.8 Å². The van der Waals surface area contributed by atoms with Crippen LogP contribution in [-0.2, 0) is 4.79 Å². The summed E-state index contributed by atoms with van der Waals surface area (Å²) in [4.78, 5) is 15.9. The molecular weight excluding hydrogens is 266 g/mol. The molecule has 0 fully saturated rings. The highest BCUT2D eigenvalue weighted by Crippen LogP contribution is 2.25. The normalized spacial score (nSPS) is 12.9. The van der Waals surface area contributed by atoms with Crippen LogP contribution >= 0.6 is 0 Å². The number of hydrogen-bond acceptors (Lipinski definition) is 3. The molecule has 20 heavy (non-hydrogen) atoms. The van der Waals surface area contributed by atoms with Gasteiger partial charge in [-0.15, -0.1) is 0 Å². The molecule has 1 amide bonds. The van der Waals surface area contributed by atoms with Gasteiger partial charge < -0.3 is 11.1 Å². The molecule has 7 heteroatoms. The number of nitrogen functional groups attached to an aromatic ring is 1. The van der Waals surface area contributed by atoms with E-state index in [0.29, 0.717) is 0 Å². The first-order valence-corrected chi connectivity index (χ1v) is 6.24. The maximum Gasteiger partial charge on any atom is 0.243 e. The molecule has 0 spiro atoms. The molecule has 2 rings (SSSR count). The lowest BCUT2D eigenvalue weighted by Gasteiger charge is -2.17. The van der Waals surface area contributed by atoms with Crippen LogP contribution in [0.5, 0.6) is 0 Å². The number of anilines is 1. The summed E-state index contributed by atoms with van der Waals surface area (Å²) in [6.45, 7) is 5.23. The van der Waals surface area contributed by atoms with Gasteiger partial charge in [0.05, 0.1) is 5.52 Å². The minimum Gasteiger partial charge on any atom is -0.369 e. The lowest BCUT2D eigenvalue weighted by Crippen LogP contribution is -2.36. The minimum absolute atomic E-state index is 0.0316. The number of amides is 1. The van der Waals surface area contributed by atoms with Crippen molar-refractivity contribution in [3.05, 3.63) is 23.8 Å². The first-order valence-electron chi connectivity index (χ1n) is 6.24. The van der Waals surface area contributed by atoms with Gasteiger partial charge in [-0.05, 0) is 20.8 Å². The van der Waals surface area contributed by atoms with E-state index >= 15 is 0 Å². The highest BCUT2D eigenvalue weighted by molar-refractivity contribution is 5.85. The number of carbonyl (C=O) groups excluding carboxylic acids is 1. The highest BCUT2D eigenvalue weighted by atomic mass is 19.1. The third kappa shape index (κ3) is 2.43. The lowest BCUT2D eigenvalue weighted by atomic mass is 10.2. The zero-order valence-corrected chi connectivity index (χ0v) is 11.4. The van der Waals surface area contributed by atoms with Crippen LogP contribution < -0.4 is 11.1 Å². The standard InChI is InChI=1S/C13H16F2N4O/c1-6(2)17-12(20)7(3)19-10-5-8(14)4-9(15)11(10)18-13(19)16/h4-7H,1-3H3,(H2,16,18)(H,17,20). The molecule has 1 atom stereocenters. The number of benzene rings is 1. The minimum atomic E-state index is -0.804. The van der Waals surface area contributed by atoms with Crippen molar-refractivity contribution < 1.29 is 13.6 Å². The second-order valence-electron chi connectivity index (χ2n) is 4.93. The van der Waals surface area contributed by atoms with Crippen molar-refractivity contribution in [2.24, 2.45) is 0 Å².